The van der Waals surface area contributed by atoms with E-state index in [1.807, 2.05) is 0 Å². The van der Waals surface area contributed by atoms with E-state index in [9.17, 15) is 13.2 Å². The largest absolute Gasteiger partial charge is 0.383 e. The van der Waals surface area contributed by atoms with Crippen LogP contribution in [0.25, 0.3) is 0 Å². The number of carbonyl (C=O) groups excluding carboxylic acids is 1. The molecule has 1 amide bonds. The summed E-state index contributed by atoms with van der Waals surface area (Å²) in [5.74, 6) is -0.649. The lowest BCUT2D eigenvalue weighted by atomic mass is 10.1. The molecule has 0 saturated carbocycles. The SMILES string of the molecule is COCC(C)(C)NS(=O)(=O)c1cc(C(N)=O)cs1. The topological polar surface area (TPSA) is 98.5 Å². The minimum absolute atomic E-state index is 0.0560. The Balaban J connectivity index is 2.96. The quantitative estimate of drug-likeness (QED) is 0.800. The van der Waals surface area contributed by atoms with Crippen LogP contribution >= 0.6 is 11.3 Å². The maximum Gasteiger partial charge on any atom is 0.250 e. The molecule has 0 saturated heterocycles. The van der Waals surface area contributed by atoms with Crippen molar-refractivity contribution in [3.05, 3.63) is 17.0 Å². The van der Waals surface area contributed by atoms with Gasteiger partial charge in [0.05, 0.1) is 17.7 Å². The van der Waals surface area contributed by atoms with Crippen LogP contribution in [0.5, 0.6) is 0 Å². The summed E-state index contributed by atoms with van der Waals surface area (Å²) in [6.45, 7) is 3.65. The fourth-order valence-electron chi connectivity index (χ4n) is 1.39. The Hall–Kier alpha value is -0.960. The number of ether oxygens (including phenoxy) is 1. The first-order chi connectivity index (χ1) is 8.18. The van der Waals surface area contributed by atoms with Crippen LogP contribution in [0.3, 0.4) is 0 Å². The van der Waals surface area contributed by atoms with E-state index >= 15 is 0 Å². The first kappa shape index (κ1) is 15.1. The van der Waals surface area contributed by atoms with Crippen LogP contribution in [0.2, 0.25) is 0 Å². The number of nitrogens with two attached hydrogens (primary N) is 1. The zero-order chi connectivity index (χ0) is 14.0. The fourth-order valence-corrected chi connectivity index (χ4v) is 3.96. The molecule has 0 radical (unpaired) electrons. The van der Waals surface area contributed by atoms with Crippen molar-refractivity contribution in [2.45, 2.75) is 23.6 Å². The van der Waals surface area contributed by atoms with Crippen molar-refractivity contribution >= 4 is 27.3 Å². The number of hydrogen-bond acceptors (Lipinski definition) is 5. The second-order valence-electron chi connectivity index (χ2n) is 4.44. The van der Waals surface area contributed by atoms with Crippen molar-refractivity contribution in [3.63, 3.8) is 0 Å². The molecule has 18 heavy (non-hydrogen) atoms. The summed E-state index contributed by atoms with van der Waals surface area (Å²) in [5.41, 5.74) is 4.53. The normalized spacial score (nSPS) is 12.6. The number of amides is 1. The van der Waals surface area contributed by atoms with E-state index in [1.165, 1.54) is 18.6 Å². The smallest absolute Gasteiger partial charge is 0.250 e. The first-order valence-electron chi connectivity index (χ1n) is 5.09. The summed E-state index contributed by atoms with van der Waals surface area (Å²) in [7, 11) is -2.18. The number of hydrogen-bond donors (Lipinski definition) is 2. The first-order valence-corrected chi connectivity index (χ1v) is 7.45. The molecule has 0 bridgehead atoms. The van der Waals surface area contributed by atoms with Gasteiger partial charge in [-0.1, -0.05) is 0 Å². The lowest BCUT2D eigenvalue weighted by Gasteiger charge is -2.24. The number of rotatable bonds is 6. The van der Waals surface area contributed by atoms with Crippen molar-refractivity contribution in [2.24, 2.45) is 5.73 Å². The van der Waals surface area contributed by atoms with E-state index in [-0.39, 0.29) is 16.4 Å². The molecule has 6 nitrogen and oxygen atoms in total. The van der Waals surface area contributed by atoms with Gasteiger partial charge >= 0.3 is 0 Å². The van der Waals surface area contributed by atoms with Gasteiger partial charge in [0, 0.05) is 12.5 Å². The Bertz CT molecular complexity index is 534. The van der Waals surface area contributed by atoms with E-state index in [1.54, 1.807) is 13.8 Å². The Kier molecular flexibility index (Phi) is 4.49. The second kappa shape index (κ2) is 5.35. The lowest BCUT2D eigenvalue weighted by Crippen LogP contribution is -2.46. The number of primary amides is 1. The minimum atomic E-state index is -3.67. The molecule has 8 heteroatoms. The molecular formula is C10H16N2O4S2. The lowest BCUT2D eigenvalue weighted by molar-refractivity contribution is 0.100. The molecule has 1 aromatic heterocycles. The predicted octanol–water partition coefficient (Wildman–Crippen LogP) is 0.550. The molecule has 0 atom stereocenters. The van der Waals surface area contributed by atoms with Gasteiger partial charge in [-0.25, -0.2) is 13.1 Å². The summed E-state index contributed by atoms with van der Waals surface area (Å²) < 4.78 is 31.6. The molecule has 0 aliphatic heterocycles. The van der Waals surface area contributed by atoms with Crippen molar-refractivity contribution < 1.29 is 17.9 Å². The number of carbonyl (C=O) groups is 1. The molecule has 0 aliphatic carbocycles. The van der Waals surface area contributed by atoms with Gasteiger partial charge in [0.25, 0.3) is 10.0 Å². The number of thiophene rings is 1. The maximum atomic E-state index is 12.1. The van der Waals surface area contributed by atoms with Crippen molar-refractivity contribution in [1.29, 1.82) is 0 Å². The van der Waals surface area contributed by atoms with E-state index < -0.39 is 21.5 Å². The summed E-state index contributed by atoms with van der Waals surface area (Å²) >= 11 is 0.951. The molecule has 0 aromatic carbocycles. The number of methoxy groups -OCH3 is 1. The molecule has 0 aliphatic rings. The Morgan fingerprint density at radius 3 is 2.61 bits per heavy atom. The van der Waals surface area contributed by atoms with Gasteiger partial charge in [0.2, 0.25) is 5.91 Å². The second-order valence-corrected chi connectivity index (χ2v) is 7.26. The summed E-state index contributed by atoms with van der Waals surface area (Å²) in [5, 5.41) is 1.42. The van der Waals surface area contributed by atoms with Crippen LogP contribution < -0.4 is 10.5 Å². The predicted molar refractivity (Wildman–Crippen MR) is 69.1 cm³/mol. The van der Waals surface area contributed by atoms with Crippen LogP contribution in [-0.2, 0) is 14.8 Å². The molecule has 1 heterocycles. The van der Waals surface area contributed by atoms with Gasteiger partial charge in [-0.3, -0.25) is 4.79 Å². The minimum Gasteiger partial charge on any atom is -0.383 e. The van der Waals surface area contributed by atoms with Crippen LogP contribution in [0.1, 0.15) is 24.2 Å². The monoisotopic (exact) mass is 292 g/mol. The van der Waals surface area contributed by atoms with Gasteiger partial charge < -0.3 is 10.5 Å². The zero-order valence-corrected chi connectivity index (χ0v) is 12.0. The molecule has 1 aromatic rings. The van der Waals surface area contributed by atoms with Gasteiger partial charge in [0.1, 0.15) is 4.21 Å². The van der Waals surface area contributed by atoms with Crippen LogP contribution in [-0.4, -0.2) is 33.6 Å². The summed E-state index contributed by atoms with van der Waals surface area (Å²) in [6.07, 6.45) is 0. The fraction of sp³-hybridized carbons (Fsp3) is 0.500. The number of sulfonamides is 1. The number of nitrogens with one attached hydrogen (secondary N) is 1. The molecule has 0 fully saturated rings. The van der Waals surface area contributed by atoms with Crippen molar-refractivity contribution in [3.8, 4) is 0 Å². The highest BCUT2D eigenvalue weighted by Crippen LogP contribution is 2.21. The Morgan fingerprint density at radius 2 is 2.17 bits per heavy atom. The van der Waals surface area contributed by atoms with E-state index in [4.69, 9.17) is 10.5 Å². The highest BCUT2D eigenvalue weighted by molar-refractivity contribution is 7.91. The van der Waals surface area contributed by atoms with Gasteiger partial charge in [-0.15, -0.1) is 11.3 Å². The van der Waals surface area contributed by atoms with Crippen LogP contribution in [0, 0.1) is 0 Å². The highest BCUT2D eigenvalue weighted by Gasteiger charge is 2.27. The Morgan fingerprint density at radius 1 is 1.56 bits per heavy atom. The van der Waals surface area contributed by atoms with E-state index in [2.05, 4.69) is 4.72 Å². The Labute approximate surface area is 110 Å². The van der Waals surface area contributed by atoms with Gasteiger partial charge in [-0.05, 0) is 19.9 Å². The van der Waals surface area contributed by atoms with Gasteiger partial charge in [0.15, 0.2) is 0 Å². The third-order valence-corrected chi connectivity index (χ3v) is 5.18. The van der Waals surface area contributed by atoms with Crippen molar-refractivity contribution in [2.75, 3.05) is 13.7 Å². The molecule has 0 spiro atoms. The standard InChI is InChI=1S/C10H16N2O4S2/c1-10(2,6-16-3)12-18(14,15)8-4-7(5-17-8)9(11)13/h4-5,12H,6H2,1-3H3,(H2,11,13). The van der Waals surface area contributed by atoms with Crippen LogP contribution in [0.15, 0.2) is 15.7 Å². The van der Waals surface area contributed by atoms with Crippen molar-refractivity contribution in [1.82, 2.24) is 4.72 Å². The molecule has 1 rings (SSSR count). The molecule has 0 unspecified atom stereocenters. The zero-order valence-electron chi connectivity index (χ0n) is 10.4. The average molecular weight is 292 g/mol. The van der Waals surface area contributed by atoms with E-state index in [0.717, 1.165) is 11.3 Å². The molecule has 102 valence electrons. The maximum absolute atomic E-state index is 12.1. The van der Waals surface area contributed by atoms with Gasteiger partial charge in [-0.2, -0.15) is 0 Å². The third kappa shape index (κ3) is 3.77. The molecular weight excluding hydrogens is 276 g/mol. The highest BCUT2D eigenvalue weighted by atomic mass is 32.2. The average Bonchev–Trinajstić information content (AvgIpc) is 2.64. The summed E-state index contributed by atoms with van der Waals surface area (Å²) in [6, 6.07) is 1.26. The third-order valence-electron chi connectivity index (χ3n) is 2.04. The van der Waals surface area contributed by atoms with Crippen LogP contribution in [0.4, 0.5) is 0 Å². The summed E-state index contributed by atoms with van der Waals surface area (Å²) in [4.78, 5) is 10.9. The van der Waals surface area contributed by atoms with E-state index in [0.29, 0.717) is 0 Å². The molecule has 3 N–H and O–H groups in total.